The van der Waals surface area contributed by atoms with Crippen LogP contribution in [0.3, 0.4) is 0 Å². The molecular formula is C12H26N2O. The van der Waals surface area contributed by atoms with Crippen molar-refractivity contribution < 1.29 is 4.74 Å². The molecule has 3 nitrogen and oxygen atoms in total. The maximum absolute atomic E-state index is 5.62. The molecule has 0 spiro atoms. The van der Waals surface area contributed by atoms with Crippen LogP contribution in [-0.2, 0) is 4.74 Å². The molecule has 0 bridgehead atoms. The zero-order valence-corrected chi connectivity index (χ0v) is 10.5. The van der Waals surface area contributed by atoms with Crippen LogP contribution in [0.5, 0.6) is 0 Å². The van der Waals surface area contributed by atoms with Crippen molar-refractivity contribution in [3.8, 4) is 0 Å². The van der Waals surface area contributed by atoms with Gasteiger partial charge >= 0.3 is 0 Å². The fourth-order valence-corrected chi connectivity index (χ4v) is 2.05. The highest BCUT2D eigenvalue weighted by atomic mass is 16.5. The molecule has 0 aromatic heterocycles. The largest absolute Gasteiger partial charge is 0.379 e. The minimum atomic E-state index is -0.0294. The van der Waals surface area contributed by atoms with Crippen LogP contribution < -0.4 is 11.3 Å². The lowest BCUT2D eigenvalue weighted by Gasteiger charge is -2.28. The van der Waals surface area contributed by atoms with Crippen molar-refractivity contribution in [1.29, 1.82) is 0 Å². The Balaban J connectivity index is 2.32. The second-order valence-corrected chi connectivity index (χ2v) is 5.47. The summed E-state index contributed by atoms with van der Waals surface area (Å²) in [6.07, 6.45) is 4.91. The van der Waals surface area contributed by atoms with Crippen molar-refractivity contribution in [2.24, 2.45) is 17.7 Å². The molecular weight excluding hydrogens is 188 g/mol. The SMILES string of the molecule is COC(C)(C)CCC(NN)C(C)C1CC1. The van der Waals surface area contributed by atoms with E-state index in [4.69, 9.17) is 10.6 Å². The molecule has 15 heavy (non-hydrogen) atoms. The van der Waals surface area contributed by atoms with Crippen LogP contribution >= 0.6 is 0 Å². The quantitative estimate of drug-likeness (QED) is 0.504. The lowest BCUT2D eigenvalue weighted by Crippen LogP contribution is -2.42. The Morgan fingerprint density at radius 3 is 2.47 bits per heavy atom. The second kappa shape index (κ2) is 5.28. The Bertz CT molecular complexity index is 190. The molecule has 2 atom stereocenters. The van der Waals surface area contributed by atoms with E-state index in [1.54, 1.807) is 7.11 Å². The summed E-state index contributed by atoms with van der Waals surface area (Å²) in [7, 11) is 1.77. The second-order valence-electron chi connectivity index (χ2n) is 5.47. The van der Waals surface area contributed by atoms with E-state index in [0.717, 1.165) is 18.8 Å². The smallest absolute Gasteiger partial charge is 0.0623 e. The molecule has 0 amide bonds. The summed E-state index contributed by atoms with van der Waals surface area (Å²) in [5.41, 5.74) is 2.93. The zero-order chi connectivity index (χ0) is 11.5. The normalized spacial score (nSPS) is 21.4. The molecule has 0 aromatic rings. The van der Waals surface area contributed by atoms with Crippen LogP contribution in [0.25, 0.3) is 0 Å². The number of methoxy groups -OCH3 is 1. The van der Waals surface area contributed by atoms with Crippen molar-refractivity contribution in [1.82, 2.24) is 5.43 Å². The summed E-state index contributed by atoms with van der Waals surface area (Å²) >= 11 is 0. The van der Waals surface area contributed by atoms with Gasteiger partial charge in [-0.2, -0.15) is 0 Å². The Morgan fingerprint density at radius 1 is 1.47 bits per heavy atom. The summed E-state index contributed by atoms with van der Waals surface area (Å²) in [5, 5.41) is 0. The maximum Gasteiger partial charge on any atom is 0.0623 e. The average Bonchev–Trinajstić information content (AvgIpc) is 3.01. The van der Waals surface area contributed by atoms with E-state index < -0.39 is 0 Å². The molecule has 1 aliphatic rings. The van der Waals surface area contributed by atoms with E-state index in [0.29, 0.717) is 12.0 Å². The van der Waals surface area contributed by atoms with Gasteiger partial charge in [-0.15, -0.1) is 0 Å². The highest BCUT2D eigenvalue weighted by Gasteiger charge is 2.33. The summed E-state index contributed by atoms with van der Waals surface area (Å²) in [6.45, 7) is 6.56. The molecule has 1 fully saturated rings. The molecule has 3 heteroatoms. The molecule has 3 N–H and O–H groups in total. The number of nitrogens with two attached hydrogens (primary N) is 1. The van der Waals surface area contributed by atoms with Crippen LogP contribution in [0, 0.1) is 11.8 Å². The van der Waals surface area contributed by atoms with Crippen LogP contribution in [0.1, 0.15) is 46.5 Å². The first-order valence-electron chi connectivity index (χ1n) is 6.01. The van der Waals surface area contributed by atoms with E-state index in [1.807, 2.05) is 0 Å². The summed E-state index contributed by atoms with van der Waals surface area (Å²) in [5.74, 6) is 7.22. The van der Waals surface area contributed by atoms with Gasteiger partial charge in [-0.1, -0.05) is 6.92 Å². The number of hydrogen-bond donors (Lipinski definition) is 2. The molecule has 0 radical (unpaired) electrons. The molecule has 1 saturated carbocycles. The van der Waals surface area contributed by atoms with Gasteiger partial charge < -0.3 is 4.74 Å². The topological polar surface area (TPSA) is 47.3 Å². The van der Waals surface area contributed by atoms with Crippen molar-refractivity contribution in [2.45, 2.75) is 58.1 Å². The van der Waals surface area contributed by atoms with E-state index >= 15 is 0 Å². The first-order chi connectivity index (χ1) is 7.00. The fraction of sp³-hybridized carbons (Fsp3) is 1.00. The van der Waals surface area contributed by atoms with Crippen molar-refractivity contribution in [3.05, 3.63) is 0 Å². The third kappa shape index (κ3) is 4.09. The Labute approximate surface area is 93.7 Å². The minimum absolute atomic E-state index is 0.0294. The predicted octanol–water partition coefficient (Wildman–Crippen LogP) is 2.07. The van der Waals surface area contributed by atoms with Gasteiger partial charge in [0.25, 0.3) is 0 Å². The lowest BCUT2D eigenvalue weighted by atomic mass is 9.90. The number of nitrogens with one attached hydrogen (secondary N) is 1. The first kappa shape index (κ1) is 12.9. The van der Waals surface area contributed by atoms with Crippen molar-refractivity contribution in [3.63, 3.8) is 0 Å². The van der Waals surface area contributed by atoms with Gasteiger partial charge in [-0.3, -0.25) is 11.3 Å². The predicted molar refractivity (Wildman–Crippen MR) is 63.3 cm³/mol. The summed E-state index contributed by atoms with van der Waals surface area (Å²) in [4.78, 5) is 0. The van der Waals surface area contributed by atoms with Crippen LogP contribution in [0.4, 0.5) is 0 Å². The van der Waals surface area contributed by atoms with Crippen LogP contribution in [0.15, 0.2) is 0 Å². The molecule has 1 rings (SSSR count). The minimum Gasteiger partial charge on any atom is -0.379 e. The van der Waals surface area contributed by atoms with Crippen molar-refractivity contribution >= 4 is 0 Å². The zero-order valence-electron chi connectivity index (χ0n) is 10.5. The molecule has 0 saturated heterocycles. The number of rotatable bonds is 7. The Kier molecular flexibility index (Phi) is 4.56. The third-order valence-corrected chi connectivity index (χ3v) is 3.82. The van der Waals surface area contributed by atoms with E-state index in [2.05, 4.69) is 26.2 Å². The molecule has 2 unspecified atom stereocenters. The van der Waals surface area contributed by atoms with E-state index in [1.165, 1.54) is 12.8 Å². The Hall–Kier alpha value is -0.120. The van der Waals surface area contributed by atoms with E-state index in [-0.39, 0.29) is 5.60 Å². The molecule has 0 aliphatic heterocycles. The molecule has 1 aliphatic carbocycles. The monoisotopic (exact) mass is 214 g/mol. The van der Waals surface area contributed by atoms with Gasteiger partial charge in [-0.25, -0.2) is 0 Å². The van der Waals surface area contributed by atoms with Gasteiger partial charge in [0.1, 0.15) is 0 Å². The maximum atomic E-state index is 5.62. The standard InChI is InChI=1S/C12H26N2O/c1-9(10-5-6-10)11(14-13)7-8-12(2,3)15-4/h9-11,14H,5-8,13H2,1-4H3. The number of ether oxygens (including phenoxy) is 1. The fourth-order valence-electron chi connectivity index (χ4n) is 2.05. The Morgan fingerprint density at radius 2 is 2.07 bits per heavy atom. The van der Waals surface area contributed by atoms with Gasteiger partial charge in [0, 0.05) is 13.2 Å². The average molecular weight is 214 g/mol. The van der Waals surface area contributed by atoms with E-state index in [9.17, 15) is 0 Å². The molecule has 0 aromatic carbocycles. The molecule has 90 valence electrons. The summed E-state index contributed by atoms with van der Waals surface area (Å²) < 4.78 is 5.42. The van der Waals surface area contributed by atoms with Crippen LogP contribution in [0.2, 0.25) is 0 Å². The van der Waals surface area contributed by atoms with Gasteiger partial charge in [0.05, 0.1) is 5.60 Å². The van der Waals surface area contributed by atoms with Crippen molar-refractivity contribution in [2.75, 3.05) is 7.11 Å². The molecule has 0 heterocycles. The van der Waals surface area contributed by atoms with Gasteiger partial charge in [0.15, 0.2) is 0 Å². The summed E-state index contributed by atoms with van der Waals surface area (Å²) in [6, 6.07) is 0.437. The highest BCUT2D eigenvalue weighted by Crippen LogP contribution is 2.39. The lowest BCUT2D eigenvalue weighted by molar-refractivity contribution is 0.0101. The van der Waals surface area contributed by atoms with Gasteiger partial charge in [0.2, 0.25) is 0 Å². The van der Waals surface area contributed by atoms with Gasteiger partial charge in [-0.05, 0) is 51.4 Å². The highest BCUT2D eigenvalue weighted by molar-refractivity contribution is 4.86. The number of hydrazine groups is 1. The third-order valence-electron chi connectivity index (χ3n) is 3.82. The first-order valence-corrected chi connectivity index (χ1v) is 6.01. The number of hydrogen-bond acceptors (Lipinski definition) is 3. The van der Waals surface area contributed by atoms with Crippen LogP contribution in [-0.4, -0.2) is 18.8 Å².